The molecule has 2 aliphatic rings. The Hall–Kier alpha value is -0.610. The Morgan fingerprint density at radius 3 is 2.82 bits per heavy atom. The lowest BCUT2D eigenvalue weighted by Gasteiger charge is -2.18. The van der Waals surface area contributed by atoms with Crippen LogP contribution in [-0.2, 0) is 9.53 Å². The van der Waals surface area contributed by atoms with Crippen LogP contribution in [0.25, 0.3) is 0 Å². The van der Waals surface area contributed by atoms with Crippen LogP contribution in [0.5, 0.6) is 0 Å². The molecule has 1 unspecified atom stereocenters. The lowest BCUT2D eigenvalue weighted by molar-refractivity contribution is -0.130. The average molecular weight is 240 g/mol. The van der Waals surface area contributed by atoms with E-state index in [9.17, 15) is 4.79 Å². The van der Waals surface area contributed by atoms with E-state index in [1.54, 1.807) is 0 Å². The van der Waals surface area contributed by atoms with E-state index in [1.807, 2.05) is 11.8 Å². The number of ether oxygens (including phenoxy) is 1. The van der Waals surface area contributed by atoms with Crippen molar-refractivity contribution >= 4 is 5.91 Å². The highest BCUT2D eigenvalue weighted by molar-refractivity contribution is 5.83. The molecule has 2 rings (SSSR count). The minimum atomic E-state index is 0.0477. The van der Waals surface area contributed by atoms with Crippen LogP contribution in [0.3, 0.4) is 0 Å². The highest BCUT2D eigenvalue weighted by Crippen LogP contribution is 2.21. The molecule has 0 aromatic heterocycles. The second-order valence-electron chi connectivity index (χ2n) is 5.00. The Balaban J connectivity index is 1.64. The number of likely N-dealkylation sites (N-methyl/N-ethyl adjacent to an activating group) is 1. The Labute approximate surface area is 104 Å². The lowest BCUT2D eigenvalue weighted by atomic mass is 10.2. The van der Waals surface area contributed by atoms with Crippen molar-refractivity contribution in [1.82, 2.24) is 10.2 Å². The number of hydrogen-bond acceptors (Lipinski definition) is 3. The predicted octanol–water partition coefficient (Wildman–Crippen LogP) is 1.16. The maximum atomic E-state index is 11.9. The van der Waals surface area contributed by atoms with Gasteiger partial charge in [-0.25, -0.2) is 0 Å². The molecule has 1 N–H and O–H groups in total. The Morgan fingerprint density at radius 2 is 2.12 bits per heavy atom. The number of amides is 1. The van der Waals surface area contributed by atoms with Crippen molar-refractivity contribution in [3.63, 3.8) is 0 Å². The van der Waals surface area contributed by atoms with Gasteiger partial charge in [0, 0.05) is 13.1 Å². The van der Waals surface area contributed by atoms with Gasteiger partial charge < -0.3 is 15.0 Å². The number of likely N-dealkylation sites (tertiary alicyclic amines) is 1. The predicted molar refractivity (Wildman–Crippen MR) is 66.9 cm³/mol. The molecule has 1 saturated heterocycles. The summed E-state index contributed by atoms with van der Waals surface area (Å²) in [5, 5.41) is 3.22. The second-order valence-corrected chi connectivity index (χ2v) is 5.00. The van der Waals surface area contributed by atoms with Crippen LogP contribution in [0.15, 0.2) is 0 Å². The number of carbonyl (C=O) groups excluding carboxylic acids is 1. The summed E-state index contributed by atoms with van der Waals surface area (Å²) in [6, 6.07) is 0.0477. The van der Waals surface area contributed by atoms with Gasteiger partial charge in [0.25, 0.3) is 0 Å². The van der Waals surface area contributed by atoms with E-state index in [-0.39, 0.29) is 11.9 Å². The molecular formula is C13H24N2O2. The second kappa shape index (κ2) is 6.36. The minimum absolute atomic E-state index is 0.0477. The van der Waals surface area contributed by atoms with E-state index in [0.717, 1.165) is 26.1 Å². The molecule has 1 heterocycles. The summed E-state index contributed by atoms with van der Waals surface area (Å²) in [6.45, 7) is 5.25. The molecule has 1 aliphatic carbocycles. The van der Waals surface area contributed by atoms with Crippen LogP contribution in [0, 0.1) is 0 Å². The smallest absolute Gasteiger partial charge is 0.239 e. The molecule has 1 saturated carbocycles. The first-order valence-corrected chi connectivity index (χ1v) is 6.95. The van der Waals surface area contributed by atoms with Crippen LogP contribution in [0.2, 0.25) is 0 Å². The van der Waals surface area contributed by atoms with Gasteiger partial charge in [-0.05, 0) is 25.8 Å². The number of hydrogen-bond donors (Lipinski definition) is 1. The highest BCUT2D eigenvalue weighted by atomic mass is 16.5. The third kappa shape index (κ3) is 3.42. The van der Waals surface area contributed by atoms with E-state index in [1.165, 1.54) is 25.7 Å². The van der Waals surface area contributed by atoms with Gasteiger partial charge in [0.15, 0.2) is 0 Å². The number of nitrogens with zero attached hydrogens (tertiary/aromatic N) is 1. The molecule has 4 heteroatoms. The third-order valence-corrected chi connectivity index (χ3v) is 3.76. The fourth-order valence-corrected chi connectivity index (χ4v) is 2.78. The van der Waals surface area contributed by atoms with E-state index in [4.69, 9.17) is 4.74 Å². The van der Waals surface area contributed by atoms with E-state index < -0.39 is 0 Å². The van der Waals surface area contributed by atoms with Gasteiger partial charge in [-0.15, -0.1) is 0 Å². The van der Waals surface area contributed by atoms with Crippen LogP contribution < -0.4 is 5.32 Å². The minimum Gasteiger partial charge on any atom is -0.376 e. The van der Waals surface area contributed by atoms with Gasteiger partial charge in [-0.3, -0.25) is 4.79 Å². The van der Waals surface area contributed by atoms with Crippen LogP contribution in [0.1, 0.15) is 39.0 Å². The summed E-state index contributed by atoms with van der Waals surface area (Å²) >= 11 is 0. The van der Waals surface area contributed by atoms with E-state index >= 15 is 0 Å². The van der Waals surface area contributed by atoms with Crippen molar-refractivity contribution in [1.29, 1.82) is 0 Å². The molecule has 4 nitrogen and oxygen atoms in total. The topological polar surface area (TPSA) is 41.6 Å². The van der Waals surface area contributed by atoms with Crippen molar-refractivity contribution in [2.75, 3.05) is 26.2 Å². The molecule has 1 atom stereocenters. The molecule has 0 bridgehead atoms. The van der Waals surface area contributed by atoms with E-state index in [2.05, 4.69) is 5.32 Å². The molecule has 2 fully saturated rings. The van der Waals surface area contributed by atoms with Crippen molar-refractivity contribution in [3.05, 3.63) is 0 Å². The van der Waals surface area contributed by atoms with Gasteiger partial charge >= 0.3 is 0 Å². The first-order chi connectivity index (χ1) is 8.31. The average Bonchev–Trinajstić information content (AvgIpc) is 2.94. The molecule has 1 aliphatic heterocycles. The van der Waals surface area contributed by atoms with Gasteiger partial charge in [0.1, 0.15) is 0 Å². The van der Waals surface area contributed by atoms with Gasteiger partial charge in [0.05, 0.1) is 18.8 Å². The molecular weight excluding hydrogens is 216 g/mol. The maximum absolute atomic E-state index is 11.9. The Bertz CT molecular complexity index is 252. The fraction of sp³-hybridized carbons (Fsp3) is 0.923. The van der Waals surface area contributed by atoms with Gasteiger partial charge in [-0.1, -0.05) is 19.8 Å². The van der Waals surface area contributed by atoms with Gasteiger partial charge in [-0.2, -0.15) is 0 Å². The molecule has 0 aromatic carbocycles. The molecule has 0 aromatic rings. The number of nitrogens with one attached hydrogen (secondary N) is 1. The largest absolute Gasteiger partial charge is 0.376 e. The molecule has 98 valence electrons. The summed E-state index contributed by atoms with van der Waals surface area (Å²) < 4.78 is 5.79. The van der Waals surface area contributed by atoms with Crippen molar-refractivity contribution < 1.29 is 9.53 Å². The Morgan fingerprint density at radius 1 is 1.35 bits per heavy atom. The van der Waals surface area contributed by atoms with Crippen molar-refractivity contribution in [2.45, 2.75) is 51.2 Å². The summed E-state index contributed by atoms with van der Waals surface area (Å²) in [7, 11) is 0. The molecule has 17 heavy (non-hydrogen) atoms. The van der Waals surface area contributed by atoms with Crippen LogP contribution >= 0.6 is 0 Å². The van der Waals surface area contributed by atoms with Crippen LogP contribution in [-0.4, -0.2) is 49.2 Å². The molecule has 1 amide bonds. The first kappa shape index (κ1) is 12.8. The zero-order valence-electron chi connectivity index (χ0n) is 10.8. The molecule has 0 spiro atoms. The third-order valence-electron chi connectivity index (χ3n) is 3.76. The highest BCUT2D eigenvalue weighted by Gasteiger charge is 2.30. The first-order valence-electron chi connectivity index (χ1n) is 6.95. The quantitative estimate of drug-likeness (QED) is 0.757. The summed E-state index contributed by atoms with van der Waals surface area (Å²) in [5.74, 6) is 0.252. The SMILES string of the molecule is CCNC1CCN(CCOC2CCCC2)C1=O. The zero-order valence-corrected chi connectivity index (χ0v) is 10.8. The molecule has 0 radical (unpaired) electrons. The van der Waals surface area contributed by atoms with Crippen molar-refractivity contribution in [3.8, 4) is 0 Å². The summed E-state index contributed by atoms with van der Waals surface area (Å²) in [5.41, 5.74) is 0. The monoisotopic (exact) mass is 240 g/mol. The summed E-state index contributed by atoms with van der Waals surface area (Å²) in [4.78, 5) is 13.9. The maximum Gasteiger partial charge on any atom is 0.239 e. The van der Waals surface area contributed by atoms with Crippen LogP contribution in [0.4, 0.5) is 0 Å². The zero-order chi connectivity index (χ0) is 12.1. The number of carbonyl (C=O) groups is 1. The lowest BCUT2D eigenvalue weighted by Crippen LogP contribution is -2.39. The summed E-state index contributed by atoms with van der Waals surface area (Å²) in [6.07, 6.45) is 6.40. The number of rotatable bonds is 6. The van der Waals surface area contributed by atoms with Gasteiger partial charge in [0.2, 0.25) is 5.91 Å². The van der Waals surface area contributed by atoms with E-state index in [0.29, 0.717) is 12.7 Å². The van der Waals surface area contributed by atoms with Crippen molar-refractivity contribution in [2.24, 2.45) is 0 Å². The standard InChI is InChI=1S/C13H24N2O2/c1-2-14-12-7-8-15(13(12)16)9-10-17-11-5-3-4-6-11/h11-12,14H,2-10H2,1H3. The fourth-order valence-electron chi connectivity index (χ4n) is 2.78. The normalized spacial score (nSPS) is 26.1. The Kier molecular flexibility index (Phi) is 4.80.